The molecule has 2 unspecified atom stereocenters. The average molecular weight is 497 g/mol. The lowest BCUT2D eigenvalue weighted by Gasteiger charge is -2.28. The highest BCUT2D eigenvalue weighted by Crippen LogP contribution is 2.36. The van der Waals surface area contributed by atoms with E-state index in [1.54, 1.807) is 48.8 Å². The summed E-state index contributed by atoms with van der Waals surface area (Å²) in [6.45, 7) is 0. The molecule has 0 aliphatic carbocycles. The third-order valence-electron chi connectivity index (χ3n) is 5.85. The quantitative estimate of drug-likeness (QED) is 0.265. The van der Waals surface area contributed by atoms with Gasteiger partial charge in [0.05, 0.1) is 18.1 Å². The van der Waals surface area contributed by atoms with Crippen molar-refractivity contribution in [1.82, 2.24) is 20.0 Å². The van der Waals surface area contributed by atoms with Crippen LogP contribution in [0.15, 0.2) is 73.2 Å². The van der Waals surface area contributed by atoms with Crippen molar-refractivity contribution in [3.05, 3.63) is 84.6 Å². The Labute approximate surface area is 202 Å². The molecule has 4 aromatic rings. The lowest BCUT2D eigenvalue weighted by molar-refractivity contribution is -0.124. The monoisotopic (exact) mass is 497 g/mol. The van der Waals surface area contributed by atoms with Crippen LogP contribution in [0.5, 0.6) is 11.5 Å². The SMILES string of the molecule is O=C1C(n2cc(-c3ccc(Oc4cccnc4)cc3)nn2)CCc2c(F)cccc2N1C(F)C(F)F. The van der Waals surface area contributed by atoms with Gasteiger partial charge in [-0.15, -0.1) is 5.10 Å². The summed E-state index contributed by atoms with van der Waals surface area (Å²) in [6, 6.07) is 12.9. The van der Waals surface area contributed by atoms with E-state index in [0.29, 0.717) is 27.7 Å². The van der Waals surface area contributed by atoms with Crippen molar-refractivity contribution in [2.75, 3.05) is 4.90 Å². The molecule has 11 heteroatoms. The molecule has 0 saturated heterocycles. The minimum absolute atomic E-state index is 0.00111. The molecule has 0 radical (unpaired) electrons. The van der Waals surface area contributed by atoms with Gasteiger partial charge in [0.25, 0.3) is 12.3 Å². The average Bonchev–Trinajstić information content (AvgIpc) is 3.31. The van der Waals surface area contributed by atoms with Gasteiger partial charge in [-0.25, -0.2) is 22.2 Å². The molecule has 1 aliphatic heterocycles. The Balaban J connectivity index is 1.41. The second-order valence-electron chi connectivity index (χ2n) is 8.11. The van der Waals surface area contributed by atoms with Gasteiger partial charge in [-0.3, -0.25) is 14.7 Å². The summed E-state index contributed by atoms with van der Waals surface area (Å²) in [5.41, 5.74) is 0.852. The van der Waals surface area contributed by atoms with Gasteiger partial charge < -0.3 is 4.74 Å². The number of fused-ring (bicyclic) bond motifs is 1. The van der Waals surface area contributed by atoms with Crippen molar-refractivity contribution in [2.24, 2.45) is 0 Å². The molecule has 0 fully saturated rings. The summed E-state index contributed by atoms with van der Waals surface area (Å²) in [4.78, 5) is 17.6. The van der Waals surface area contributed by atoms with Gasteiger partial charge in [0.1, 0.15) is 29.1 Å². The molecule has 0 bridgehead atoms. The van der Waals surface area contributed by atoms with Crippen LogP contribution in [-0.4, -0.2) is 38.6 Å². The lowest BCUT2D eigenvalue weighted by Crippen LogP contribution is -2.45. The van der Waals surface area contributed by atoms with Crippen LogP contribution < -0.4 is 9.64 Å². The molecule has 3 heterocycles. The fraction of sp³-hybridized carbons (Fsp3) is 0.200. The molecule has 2 aromatic heterocycles. The topological polar surface area (TPSA) is 73.1 Å². The van der Waals surface area contributed by atoms with E-state index in [1.165, 1.54) is 23.0 Å². The predicted octanol–water partition coefficient (Wildman–Crippen LogP) is 5.35. The van der Waals surface area contributed by atoms with E-state index in [4.69, 9.17) is 4.74 Å². The van der Waals surface area contributed by atoms with Crippen molar-refractivity contribution in [2.45, 2.75) is 31.6 Å². The molecule has 2 aromatic carbocycles. The number of halogens is 4. The van der Waals surface area contributed by atoms with E-state index in [9.17, 15) is 22.4 Å². The molecule has 0 saturated carbocycles. The first kappa shape index (κ1) is 23.5. The molecule has 7 nitrogen and oxygen atoms in total. The predicted molar refractivity (Wildman–Crippen MR) is 122 cm³/mol. The number of rotatable bonds is 6. The fourth-order valence-corrected chi connectivity index (χ4v) is 4.12. The first-order chi connectivity index (χ1) is 17.4. The number of carbonyl (C=O) groups excluding carboxylic acids is 1. The second kappa shape index (κ2) is 9.76. The summed E-state index contributed by atoms with van der Waals surface area (Å²) in [7, 11) is 0. The number of hydrogen-bond donors (Lipinski definition) is 0. The fourth-order valence-electron chi connectivity index (χ4n) is 4.12. The Morgan fingerprint density at radius 2 is 1.81 bits per heavy atom. The third kappa shape index (κ3) is 4.51. The molecular formula is C25H19F4N5O2. The van der Waals surface area contributed by atoms with Crippen LogP contribution in [-0.2, 0) is 11.2 Å². The minimum Gasteiger partial charge on any atom is -0.456 e. The van der Waals surface area contributed by atoms with E-state index in [-0.39, 0.29) is 24.1 Å². The molecular weight excluding hydrogens is 478 g/mol. The maximum atomic E-state index is 14.6. The first-order valence-corrected chi connectivity index (χ1v) is 11.0. The van der Waals surface area contributed by atoms with E-state index in [0.717, 1.165) is 6.07 Å². The van der Waals surface area contributed by atoms with Crippen LogP contribution in [0.1, 0.15) is 18.0 Å². The van der Waals surface area contributed by atoms with Gasteiger partial charge in [0.2, 0.25) is 6.30 Å². The number of ether oxygens (including phenoxy) is 1. The highest BCUT2D eigenvalue weighted by molar-refractivity contribution is 5.98. The summed E-state index contributed by atoms with van der Waals surface area (Å²) >= 11 is 0. The van der Waals surface area contributed by atoms with E-state index < -0.39 is 30.5 Å². The Kier molecular flexibility index (Phi) is 6.36. The minimum atomic E-state index is -3.47. The molecule has 36 heavy (non-hydrogen) atoms. The number of carbonyl (C=O) groups is 1. The van der Waals surface area contributed by atoms with Crippen molar-refractivity contribution < 1.29 is 27.1 Å². The maximum absolute atomic E-state index is 14.6. The smallest absolute Gasteiger partial charge is 0.288 e. The van der Waals surface area contributed by atoms with Crippen molar-refractivity contribution in [1.29, 1.82) is 0 Å². The number of benzene rings is 2. The Bertz CT molecular complexity index is 1360. The molecule has 0 spiro atoms. The van der Waals surface area contributed by atoms with Crippen LogP contribution in [0.4, 0.5) is 23.2 Å². The van der Waals surface area contributed by atoms with Crippen LogP contribution in [0.25, 0.3) is 11.3 Å². The molecule has 184 valence electrons. The largest absolute Gasteiger partial charge is 0.456 e. The summed E-state index contributed by atoms with van der Waals surface area (Å²) < 4.78 is 62.6. The normalized spacial score (nSPS) is 16.5. The Morgan fingerprint density at radius 3 is 2.53 bits per heavy atom. The van der Waals surface area contributed by atoms with Crippen LogP contribution >= 0.6 is 0 Å². The first-order valence-electron chi connectivity index (χ1n) is 11.0. The lowest BCUT2D eigenvalue weighted by atomic mass is 10.1. The molecule has 1 amide bonds. The zero-order valence-electron chi connectivity index (χ0n) is 18.6. The van der Waals surface area contributed by atoms with Gasteiger partial charge in [-0.1, -0.05) is 11.3 Å². The zero-order valence-corrected chi connectivity index (χ0v) is 18.6. The van der Waals surface area contributed by atoms with E-state index >= 15 is 0 Å². The van der Waals surface area contributed by atoms with Crippen molar-refractivity contribution in [3.63, 3.8) is 0 Å². The summed E-state index contributed by atoms with van der Waals surface area (Å²) in [5, 5.41) is 8.09. The van der Waals surface area contributed by atoms with E-state index in [1.807, 2.05) is 0 Å². The van der Waals surface area contributed by atoms with Gasteiger partial charge in [-0.05, 0) is 61.4 Å². The molecule has 1 aliphatic rings. The zero-order chi connectivity index (χ0) is 25.2. The second-order valence-corrected chi connectivity index (χ2v) is 8.11. The van der Waals surface area contributed by atoms with Crippen LogP contribution in [0.3, 0.4) is 0 Å². The van der Waals surface area contributed by atoms with Gasteiger partial charge in [-0.2, -0.15) is 0 Å². The summed E-state index contributed by atoms with van der Waals surface area (Å²) in [6.07, 6.45) is -1.67. The number of aromatic nitrogens is 4. The van der Waals surface area contributed by atoms with Gasteiger partial charge in [0, 0.05) is 17.3 Å². The van der Waals surface area contributed by atoms with Crippen molar-refractivity contribution >= 4 is 11.6 Å². The van der Waals surface area contributed by atoms with Gasteiger partial charge >= 0.3 is 0 Å². The molecule has 2 atom stereocenters. The Morgan fingerprint density at radius 1 is 1.00 bits per heavy atom. The standard InChI is InChI=1S/C25H19F4N5O2/c26-19-4-1-5-21-18(19)10-11-22(25(35)34(21)24(29)23(27)28)33-14-20(31-32-33)15-6-8-16(9-7-15)36-17-3-2-12-30-13-17/h1-9,12-14,22-24H,10-11H2. The van der Waals surface area contributed by atoms with Crippen LogP contribution in [0.2, 0.25) is 0 Å². The highest BCUT2D eigenvalue weighted by atomic mass is 19.3. The van der Waals surface area contributed by atoms with Crippen LogP contribution in [0, 0.1) is 5.82 Å². The maximum Gasteiger partial charge on any atom is 0.288 e. The number of pyridine rings is 1. The van der Waals surface area contributed by atoms with Gasteiger partial charge in [0.15, 0.2) is 0 Å². The summed E-state index contributed by atoms with van der Waals surface area (Å²) in [5.74, 6) is -0.515. The number of hydrogen-bond acceptors (Lipinski definition) is 5. The van der Waals surface area contributed by atoms with E-state index in [2.05, 4.69) is 15.3 Å². The third-order valence-corrected chi connectivity index (χ3v) is 5.85. The number of alkyl halides is 3. The number of nitrogens with zero attached hydrogens (tertiary/aromatic N) is 5. The molecule has 5 rings (SSSR count). The Hall–Kier alpha value is -4.28. The van der Waals surface area contributed by atoms with Crippen molar-refractivity contribution in [3.8, 4) is 22.8 Å². The highest BCUT2D eigenvalue weighted by Gasteiger charge is 2.40. The number of amides is 1. The molecule has 0 N–H and O–H groups in total. The number of anilines is 1.